The van der Waals surface area contributed by atoms with Crippen molar-refractivity contribution in [2.45, 2.75) is 6.54 Å². The van der Waals surface area contributed by atoms with Gasteiger partial charge in [-0.05, 0) is 11.6 Å². The summed E-state index contributed by atoms with van der Waals surface area (Å²) in [6.45, 7) is 0.366. The van der Waals surface area contributed by atoms with Crippen LogP contribution in [-0.2, 0) is 6.54 Å². The van der Waals surface area contributed by atoms with Crippen molar-refractivity contribution in [3.8, 4) is 0 Å². The Balaban J connectivity index is 1.98. The van der Waals surface area contributed by atoms with Crippen LogP contribution in [0.4, 0.5) is 0 Å². The van der Waals surface area contributed by atoms with Crippen molar-refractivity contribution in [3.05, 3.63) is 52.9 Å². The predicted octanol–water partition coefficient (Wildman–Crippen LogP) is 2.26. The summed E-state index contributed by atoms with van der Waals surface area (Å²) in [6.07, 6.45) is 1.35. The van der Waals surface area contributed by atoms with Gasteiger partial charge in [-0.25, -0.2) is 0 Å². The van der Waals surface area contributed by atoms with Gasteiger partial charge < -0.3 is 9.84 Å². The zero-order valence-electron chi connectivity index (χ0n) is 8.31. The summed E-state index contributed by atoms with van der Waals surface area (Å²) in [5, 5.41) is 6.85. The fraction of sp³-hybridized carbons (Fsp3) is 0.0909. The highest BCUT2D eigenvalue weighted by atomic mass is 35.5. The van der Waals surface area contributed by atoms with Crippen LogP contribution in [0, 0.1) is 0 Å². The first-order valence-corrected chi connectivity index (χ1v) is 5.07. The monoisotopic (exact) mass is 236 g/mol. The van der Waals surface area contributed by atoms with Crippen molar-refractivity contribution in [1.29, 1.82) is 0 Å². The minimum Gasteiger partial charge on any atom is -0.364 e. The minimum atomic E-state index is -0.284. The smallest absolute Gasteiger partial charge is 0.273 e. The summed E-state index contributed by atoms with van der Waals surface area (Å²) in [6, 6.07) is 8.83. The number of rotatable bonds is 3. The molecule has 0 aliphatic carbocycles. The molecule has 0 saturated carbocycles. The first-order valence-electron chi connectivity index (χ1n) is 4.69. The molecule has 0 aliphatic heterocycles. The summed E-state index contributed by atoms with van der Waals surface area (Å²) in [5.74, 6) is -0.284. The Morgan fingerprint density at radius 1 is 1.38 bits per heavy atom. The quantitative estimate of drug-likeness (QED) is 0.889. The largest absolute Gasteiger partial charge is 0.364 e. The van der Waals surface area contributed by atoms with Gasteiger partial charge in [-0.1, -0.05) is 35.0 Å². The Labute approximate surface area is 97.2 Å². The lowest BCUT2D eigenvalue weighted by molar-refractivity contribution is 0.0942. The molecule has 2 aromatic rings. The summed E-state index contributed by atoms with van der Waals surface area (Å²) >= 11 is 5.95. The highest BCUT2D eigenvalue weighted by Crippen LogP contribution is 2.14. The Hall–Kier alpha value is -1.81. The second-order valence-electron chi connectivity index (χ2n) is 3.16. The molecular formula is C11H9ClN2O2. The van der Waals surface area contributed by atoms with E-state index in [1.807, 2.05) is 18.2 Å². The number of amides is 1. The number of aromatic nitrogens is 1. The molecule has 1 amide bonds. The molecule has 0 radical (unpaired) electrons. The molecule has 0 saturated heterocycles. The van der Waals surface area contributed by atoms with Crippen LogP contribution in [0.2, 0.25) is 5.02 Å². The highest BCUT2D eigenvalue weighted by molar-refractivity contribution is 6.31. The van der Waals surface area contributed by atoms with Crippen LogP contribution < -0.4 is 5.32 Å². The third-order valence-electron chi connectivity index (χ3n) is 2.07. The number of nitrogens with zero attached hydrogens (tertiary/aromatic N) is 1. The van der Waals surface area contributed by atoms with E-state index < -0.39 is 0 Å². The number of carbonyl (C=O) groups excluding carboxylic acids is 1. The lowest BCUT2D eigenvalue weighted by Crippen LogP contribution is -2.23. The van der Waals surface area contributed by atoms with Gasteiger partial charge in [0.15, 0.2) is 5.69 Å². The average molecular weight is 237 g/mol. The molecule has 1 heterocycles. The van der Waals surface area contributed by atoms with Crippen molar-refractivity contribution in [3.63, 3.8) is 0 Å². The molecule has 0 atom stereocenters. The van der Waals surface area contributed by atoms with Gasteiger partial charge in [0.25, 0.3) is 5.91 Å². The molecule has 5 heteroatoms. The van der Waals surface area contributed by atoms with Crippen LogP contribution in [-0.4, -0.2) is 11.1 Å². The minimum absolute atomic E-state index is 0.257. The fourth-order valence-corrected chi connectivity index (χ4v) is 1.44. The van der Waals surface area contributed by atoms with E-state index in [1.54, 1.807) is 6.07 Å². The lowest BCUT2D eigenvalue weighted by atomic mass is 10.2. The zero-order chi connectivity index (χ0) is 11.4. The molecule has 1 N–H and O–H groups in total. The van der Waals surface area contributed by atoms with Crippen LogP contribution >= 0.6 is 11.6 Å². The lowest BCUT2D eigenvalue weighted by Gasteiger charge is -2.04. The maximum absolute atomic E-state index is 11.5. The molecule has 2 rings (SSSR count). The molecule has 0 bridgehead atoms. The highest BCUT2D eigenvalue weighted by Gasteiger charge is 2.08. The van der Waals surface area contributed by atoms with E-state index in [0.29, 0.717) is 11.6 Å². The average Bonchev–Trinajstić information content (AvgIpc) is 2.81. The number of benzene rings is 1. The van der Waals surface area contributed by atoms with Crippen LogP contribution in [0.25, 0.3) is 0 Å². The van der Waals surface area contributed by atoms with Crippen molar-refractivity contribution < 1.29 is 9.32 Å². The maximum atomic E-state index is 11.5. The van der Waals surface area contributed by atoms with Crippen LogP contribution in [0.5, 0.6) is 0 Å². The van der Waals surface area contributed by atoms with Gasteiger partial charge in [0.05, 0.1) is 0 Å². The number of nitrogens with one attached hydrogen (secondary N) is 1. The first-order chi connectivity index (χ1) is 7.77. The van der Waals surface area contributed by atoms with Gasteiger partial charge in [-0.15, -0.1) is 0 Å². The Morgan fingerprint density at radius 3 is 2.88 bits per heavy atom. The summed E-state index contributed by atoms with van der Waals surface area (Å²) in [4.78, 5) is 11.5. The molecular weight excluding hydrogens is 228 g/mol. The number of carbonyl (C=O) groups is 1. The van der Waals surface area contributed by atoms with Gasteiger partial charge in [0.1, 0.15) is 6.26 Å². The molecule has 82 valence electrons. The Kier molecular flexibility index (Phi) is 3.22. The third-order valence-corrected chi connectivity index (χ3v) is 2.44. The van der Waals surface area contributed by atoms with Gasteiger partial charge >= 0.3 is 0 Å². The van der Waals surface area contributed by atoms with Crippen molar-refractivity contribution in [1.82, 2.24) is 10.5 Å². The maximum Gasteiger partial charge on any atom is 0.273 e. The topological polar surface area (TPSA) is 55.1 Å². The Morgan fingerprint density at radius 2 is 2.19 bits per heavy atom. The Bertz CT molecular complexity index is 482. The van der Waals surface area contributed by atoms with E-state index in [0.717, 1.165) is 5.56 Å². The zero-order valence-corrected chi connectivity index (χ0v) is 9.07. The van der Waals surface area contributed by atoms with Crippen molar-refractivity contribution in [2.75, 3.05) is 0 Å². The van der Waals surface area contributed by atoms with E-state index in [1.165, 1.54) is 12.3 Å². The van der Waals surface area contributed by atoms with Crippen molar-refractivity contribution in [2.24, 2.45) is 0 Å². The van der Waals surface area contributed by atoms with Crippen LogP contribution in [0.3, 0.4) is 0 Å². The first kappa shape index (κ1) is 10.7. The molecule has 0 aliphatic rings. The van der Waals surface area contributed by atoms with Crippen molar-refractivity contribution >= 4 is 17.5 Å². The van der Waals surface area contributed by atoms with Gasteiger partial charge in [0.2, 0.25) is 0 Å². The SMILES string of the molecule is O=C(NCc1ccccc1Cl)c1ccon1. The molecule has 0 fully saturated rings. The van der Waals surface area contributed by atoms with E-state index in [-0.39, 0.29) is 11.6 Å². The standard InChI is InChI=1S/C11H9ClN2O2/c12-9-4-2-1-3-8(9)7-13-11(15)10-5-6-16-14-10/h1-6H,7H2,(H,13,15). The van der Waals surface area contributed by atoms with E-state index >= 15 is 0 Å². The molecule has 4 nitrogen and oxygen atoms in total. The van der Waals surface area contributed by atoms with Gasteiger partial charge in [-0.3, -0.25) is 4.79 Å². The second kappa shape index (κ2) is 4.81. The third kappa shape index (κ3) is 2.41. The summed E-state index contributed by atoms with van der Waals surface area (Å²) in [7, 11) is 0. The number of hydrogen-bond donors (Lipinski definition) is 1. The predicted molar refractivity (Wildman–Crippen MR) is 59.1 cm³/mol. The molecule has 0 unspecified atom stereocenters. The number of halogens is 1. The van der Waals surface area contributed by atoms with E-state index in [4.69, 9.17) is 11.6 Å². The van der Waals surface area contributed by atoms with Gasteiger partial charge in [-0.2, -0.15) is 0 Å². The molecule has 16 heavy (non-hydrogen) atoms. The molecule has 1 aromatic heterocycles. The van der Waals surface area contributed by atoms with Gasteiger partial charge in [0, 0.05) is 17.6 Å². The van der Waals surface area contributed by atoms with E-state index in [2.05, 4.69) is 15.0 Å². The van der Waals surface area contributed by atoms with Crippen LogP contribution in [0.1, 0.15) is 16.1 Å². The molecule has 1 aromatic carbocycles. The van der Waals surface area contributed by atoms with E-state index in [9.17, 15) is 4.79 Å². The van der Waals surface area contributed by atoms with Crippen LogP contribution in [0.15, 0.2) is 41.1 Å². The number of hydrogen-bond acceptors (Lipinski definition) is 3. The fourth-order valence-electron chi connectivity index (χ4n) is 1.24. The summed E-state index contributed by atoms with van der Waals surface area (Å²) in [5.41, 5.74) is 1.12. The normalized spacial score (nSPS) is 10.1. The summed E-state index contributed by atoms with van der Waals surface area (Å²) < 4.78 is 4.57. The second-order valence-corrected chi connectivity index (χ2v) is 3.57. The molecule has 0 spiro atoms.